The van der Waals surface area contributed by atoms with E-state index in [9.17, 15) is 4.79 Å². The fraction of sp³-hybridized carbons (Fsp3) is 0.450. The highest BCUT2D eigenvalue weighted by molar-refractivity contribution is 5.92. The summed E-state index contributed by atoms with van der Waals surface area (Å²) >= 11 is 0. The Hall–Kier alpha value is -2.43. The van der Waals surface area contributed by atoms with Crippen molar-refractivity contribution in [3.8, 4) is 0 Å². The van der Waals surface area contributed by atoms with Gasteiger partial charge in [-0.3, -0.25) is 4.79 Å². The van der Waals surface area contributed by atoms with Gasteiger partial charge in [0.2, 0.25) is 5.95 Å². The first kappa shape index (κ1) is 17.4. The third kappa shape index (κ3) is 4.56. The molecule has 1 N–H and O–H groups in total. The molecule has 0 saturated carbocycles. The van der Waals surface area contributed by atoms with Gasteiger partial charge in [0.15, 0.2) is 0 Å². The smallest absolute Gasteiger partial charge is 0.272 e. The summed E-state index contributed by atoms with van der Waals surface area (Å²) < 4.78 is 0. The van der Waals surface area contributed by atoms with Crippen molar-refractivity contribution in [1.29, 1.82) is 0 Å². The van der Waals surface area contributed by atoms with E-state index in [-0.39, 0.29) is 5.91 Å². The summed E-state index contributed by atoms with van der Waals surface area (Å²) in [6.45, 7) is 6.29. The van der Waals surface area contributed by atoms with Crippen molar-refractivity contribution in [2.24, 2.45) is 0 Å². The van der Waals surface area contributed by atoms with E-state index >= 15 is 0 Å². The van der Waals surface area contributed by atoms with Crippen LogP contribution in [0.25, 0.3) is 0 Å². The van der Waals surface area contributed by atoms with Crippen molar-refractivity contribution in [3.05, 3.63) is 52.8 Å². The van der Waals surface area contributed by atoms with E-state index in [0.717, 1.165) is 31.6 Å². The van der Waals surface area contributed by atoms with Gasteiger partial charge in [-0.15, -0.1) is 0 Å². The van der Waals surface area contributed by atoms with Gasteiger partial charge < -0.3 is 10.2 Å². The van der Waals surface area contributed by atoms with Gasteiger partial charge in [0.05, 0.1) is 0 Å². The van der Waals surface area contributed by atoms with Crippen LogP contribution in [0, 0.1) is 13.8 Å². The molecule has 1 aliphatic rings. The number of aryl methyl sites for hydroxylation is 2. The number of amides is 1. The Morgan fingerprint density at radius 3 is 2.52 bits per heavy atom. The maximum Gasteiger partial charge on any atom is 0.272 e. The number of aromatic nitrogens is 2. The van der Waals surface area contributed by atoms with Crippen molar-refractivity contribution in [2.45, 2.75) is 46.1 Å². The molecule has 2 aromatic rings. The zero-order chi connectivity index (χ0) is 17.6. The molecule has 0 aliphatic carbocycles. The molecule has 132 valence electrons. The number of benzene rings is 1. The minimum absolute atomic E-state index is 0.0198. The minimum atomic E-state index is 0.0198. The van der Waals surface area contributed by atoms with Crippen molar-refractivity contribution >= 4 is 11.9 Å². The number of nitrogens with one attached hydrogen (secondary N) is 1. The maximum atomic E-state index is 12.8. The van der Waals surface area contributed by atoms with Gasteiger partial charge in [0.1, 0.15) is 5.69 Å². The maximum absolute atomic E-state index is 12.8. The number of rotatable bonds is 4. The predicted molar refractivity (Wildman–Crippen MR) is 99.6 cm³/mol. The summed E-state index contributed by atoms with van der Waals surface area (Å²) in [6.07, 6.45) is 4.56. The third-order valence-corrected chi connectivity index (χ3v) is 4.66. The fourth-order valence-corrected chi connectivity index (χ4v) is 3.18. The van der Waals surface area contributed by atoms with Crippen LogP contribution in [0.5, 0.6) is 0 Å². The molecule has 0 unspecified atom stereocenters. The summed E-state index contributed by atoms with van der Waals surface area (Å²) in [6, 6.07) is 10.0. The summed E-state index contributed by atoms with van der Waals surface area (Å²) in [5.74, 6) is 0.535. The van der Waals surface area contributed by atoms with Crippen LogP contribution in [0.2, 0.25) is 0 Å². The normalized spacial score (nSPS) is 14.9. The number of anilines is 1. The number of nitrogens with zero attached hydrogens (tertiary/aromatic N) is 3. The summed E-state index contributed by atoms with van der Waals surface area (Å²) in [7, 11) is 0. The molecule has 0 atom stereocenters. The zero-order valence-corrected chi connectivity index (χ0v) is 15.1. The van der Waals surface area contributed by atoms with Crippen LogP contribution in [0.3, 0.4) is 0 Å². The van der Waals surface area contributed by atoms with Gasteiger partial charge in [0, 0.05) is 25.3 Å². The predicted octanol–water partition coefficient (Wildman–Crippen LogP) is 3.72. The van der Waals surface area contributed by atoms with E-state index in [4.69, 9.17) is 0 Å². The molecular formula is C20H26N4O. The Bertz CT molecular complexity index is 736. The number of likely N-dealkylation sites (tertiary alicyclic amines) is 1. The molecular weight excluding hydrogens is 312 g/mol. The van der Waals surface area contributed by atoms with Crippen molar-refractivity contribution in [3.63, 3.8) is 0 Å². The van der Waals surface area contributed by atoms with E-state index in [1.54, 1.807) is 6.07 Å². The van der Waals surface area contributed by atoms with Crippen molar-refractivity contribution in [1.82, 2.24) is 14.9 Å². The number of hydrogen-bond acceptors (Lipinski definition) is 4. The van der Waals surface area contributed by atoms with Gasteiger partial charge in [-0.05, 0) is 43.9 Å². The number of carbonyl (C=O) groups is 1. The molecule has 25 heavy (non-hydrogen) atoms. The molecule has 0 radical (unpaired) electrons. The molecule has 0 bridgehead atoms. The molecule has 1 amide bonds. The first-order chi connectivity index (χ1) is 12.1. The monoisotopic (exact) mass is 338 g/mol. The molecule has 5 heteroatoms. The lowest BCUT2D eigenvalue weighted by atomic mass is 10.1. The molecule has 2 heterocycles. The van der Waals surface area contributed by atoms with Crippen LogP contribution in [0.4, 0.5) is 5.95 Å². The summed E-state index contributed by atoms with van der Waals surface area (Å²) in [5.41, 5.74) is 3.72. The van der Waals surface area contributed by atoms with E-state index in [1.165, 1.54) is 24.0 Å². The first-order valence-electron chi connectivity index (χ1n) is 9.07. The lowest BCUT2D eigenvalue weighted by Crippen LogP contribution is -2.32. The van der Waals surface area contributed by atoms with Gasteiger partial charge in [-0.2, -0.15) is 0 Å². The second-order valence-corrected chi connectivity index (χ2v) is 6.70. The van der Waals surface area contributed by atoms with E-state index in [0.29, 0.717) is 18.2 Å². The lowest BCUT2D eigenvalue weighted by Gasteiger charge is -2.20. The third-order valence-electron chi connectivity index (χ3n) is 4.66. The van der Waals surface area contributed by atoms with E-state index in [2.05, 4.69) is 34.3 Å². The quantitative estimate of drug-likeness (QED) is 0.923. The zero-order valence-electron chi connectivity index (χ0n) is 15.1. The Labute approximate surface area is 149 Å². The first-order valence-corrected chi connectivity index (χ1v) is 9.07. The average molecular weight is 338 g/mol. The van der Waals surface area contributed by atoms with Crippen LogP contribution in [0.15, 0.2) is 30.3 Å². The molecule has 1 aliphatic heterocycles. The van der Waals surface area contributed by atoms with Gasteiger partial charge in [0.25, 0.3) is 5.91 Å². The van der Waals surface area contributed by atoms with Gasteiger partial charge in [-0.25, -0.2) is 9.97 Å². The number of hydrogen-bond donors (Lipinski definition) is 1. The Balaban J connectivity index is 1.73. The standard InChI is InChI=1S/C20H26N4O/c1-15-9-5-6-10-17(15)14-21-20-22-16(2)13-18(23-20)19(25)24-11-7-3-4-8-12-24/h5-6,9-10,13H,3-4,7-8,11-12,14H2,1-2H3,(H,21,22,23). The molecule has 3 rings (SSSR count). The highest BCUT2D eigenvalue weighted by Crippen LogP contribution is 2.15. The molecule has 1 aromatic carbocycles. The summed E-state index contributed by atoms with van der Waals surface area (Å²) in [5, 5.41) is 3.26. The Morgan fingerprint density at radius 2 is 1.80 bits per heavy atom. The average Bonchev–Trinajstić information content (AvgIpc) is 2.89. The fourth-order valence-electron chi connectivity index (χ4n) is 3.18. The molecule has 1 saturated heterocycles. The van der Waals surface area contributed by atoms with Crippen LogP contribution >= 0.6 is 0 Å². The second kappa shape index (κ2) is 8.10. The Morgan fingerprint density at radius 1 is 1.08 bits per heavy atom. The van der Waals surface area contributed by atoms with Crippen LogP contribution in [0.1, 0.15) is 53.0 Å². The van der Waals surface area contributed by atoms with Crippen LogP contribution in [-0.4, -0.2) is 33.9 Å². The van der Waals surface area contributed by atoms with E-state index < -0.39 is 0 Å². The largest absolute Gasteiger partial charge is 0.350 e. The SMILES string of the molecule is Cc1cc(C(=O)N2CCCCCC2)nc(NCc2ccccc2C)n1. The lowest BCUT2D eigenvalue weighted by molar-refractivity contribution is 0.0755. The molecule has 5 nitrogen and oxygen atoms in total. The topological polar surface area (TPSA) is 58.1 Å². The van der Waals surface area contributed by atoms with E-state index in [1.807, 2.05) is 24.0 Å². The number of carbonyl (C=O) groups excluding carboxylic acids is 1. The van der Waals surface area contributed by atoms with Crippen LogP contribution < -0.4 is 5.32 Å². The van der Waals surface area contributed by atoms with Gasteiger partial charge >= 0.3 is 0 Å². The molecule has 0 spiro atoms. The summed E-state index contributed by atoms with van der Waals surface area (Å²) in [4.78, 5) is 23.6. The highest BCUT2D eigenvalue weighted by Gasteiger charge is 2.19. The van der Waals surface area contributed by atoms with Crippen molar-refractivity contribution < 1.29 is 4.79 Å². The minimum Gasteiger partial charge on any atom is -0.350 e. The Kier molecular flexibility index (Phi) is 5.64. The highest BCUT2D eigenvalue weighted by atomic mass is 16.2. The molecule has 1 fully saturated rings. The van der Waals surface area contributed by atoms with Crippen molar-refractivity contribution in [2.75, 3.05) is 18.4 Å². The second-order valence-electron chi connectivity index (χ2n) is 6.70. The van der Waals surface area contributed by atoms with Crippen LogP contribution in [-0.2, 0) is 6.54 Å². The van der Waals surface area contributed by atoms with Gasteiger partial charge in [-0.1, -0.05) is 37.1 Å². The molecule has 1 aromatic heterocycles.